The topological polar surface area (TPSA) is 23.5 Å². The summed E-state index contributed by atoms with van der Waals surface area (Å²) in [5.74, 6) is 1.09. The molecule has 0 amide bonds. The number of allylic oxidation sites excluding steroid dienone is 1. The molecular formula is C16H32INOS. The van der Waals surface area contributed by atoms with E-state index in [4.69, 9.17) is 5.11 Å². The van der Waals surface area contributed by atoms with Crippen molar-refractivity contribution in [3.8, 4) is 0 Å². The van der Waals surface area contributed by atoms with Crippen molar-refractivity contribution in [2.24, 2.45) is 0 Å². The summed E-state index contributed by atoms with van der Waals surface area (Å²) < 4.78 is 0. The van der Waals surface area contributed by atoms with Crippen LogP contribution in [0.5, 0.6) is 0 Å². The lowest BCUT2D eigenvalue weighted by molar-refractivity contribution is 0.300. The SMILES string of the molecule is CCCCCCCCCCN1CSC(CCO)=C1C.I. The molecule has 2 nitrogen and oxygen atoms in total. The monoisotopic (exact) mass is 413 g/mol. The van der Waals surface area contributed by atoms with Gasteiger partial charge in [0.25, 0.3) is 0 Å². The minimum absolute atomic E-state index is 0. The Morgan fingerprint density at radius 2 is 1.65 bits per heavy atom. The largest absolute Gasteiger partial charge is 0.396 e. The molecule has 0 radical (unpaired) electrons. The standard InChI is InChI=1S/C16H31NOS.HI/c1-3-4-5-6-7-8-9-10-12-17-14-19-16(11-13-18)15(17)2;/h18H,3-14H2,1-2H3;1H. The third-order valence-electron chi connectivity index (χ3n) is 3.89. The Kier molecular flexibility index (Phi) is 13.6. The van der Waals surface area contributed by atoms with Crippen LogP contribution in [0.3, 0.4) is 0 Å². The van der Waals surface area contributed by atoms with Gasteiger partial charge in [-0.25, -0.2) is 0 Å². The molecule has 0 unspecified atom stereocenters. The van der Waals surface area contributed by atoms with Gasteiger partial charge >= 0.3 is 0 Å². The molecule has 0 aromatic carbocycles. The molecule has 4 heteroatoms. The number of aliphatic hydroxyl groups excluding tert-OH is 1. The number of rotatable bonds is 11. The van der Waals surface area contributed by atoms with Crippen LogP contribution >= 0.6 is 35.7 Å². The zero-order chi connectivity index (χ0) is 13.9. The molecule has 0 spiro atoms. The Morgan fingerprint density at radius 3 is 2.25 bits per heavy atom. The van der Waals surface area contributed by atoms with Gasteiger partial charge in [0.15, 0.2) is 0 Å². The fourth-order valence-corrected chi connectivity index (χ4v) is 3.76. The molecule has 120 valence electrons. The van der Waals surface area contributed by atoms with Gasteiger partial charge in [-0.3, -0.25) is 0 Å². The molecule has 1 aliphatic rings. The third kappa shape index (κ3) is 8.13. The Bertz CT molecular complexity index is 271. The minimum Gasteiger partial charge on any atom is -0.396 e. The number of unbranched alkanes of at least 4 members (excludes halogenated alkanes) is 7. The first-order chi connectivity index (χ1) is 9.29. The predicted molar refractivity (Wildman–Crippen MR) is 102 cm³/mol. The fraction of sp³-hybridized carbons (Fsp3) is 0.875. The highest BCUT2D eigenvalue weighted by molar-refractivity contribution is 14.0. The van der Waals surface area contributed by atoms with Crippen LogP contribution in [0.2, 0.25) is 0 Å². The second-order valence-corrected chi connectivity index (χ2v) is 6.53. The van der Waals surface area contributed by atoms with Crippen LogP contribution in [0.1, 0.15) is 71.6 Å². The minimum atomic E-state index is 0. The molecule has 1 rings (SSSR count). The van der Waals surface area contributed by atoms with E-state index in [0.717, 1.165) is 12.3 Å². The first kappa shape index (κ1) is 20.6. The molecule has 0 atom stereocenters. The third-order valence-corrected chi connectivity index (χ3v) is 5.18. The van der Waals surface area contributed by atoms with Gasteiger partial charge in [-0.2, -0.15) is 0 Å². The molecular weight excluding hydrogens is 381 g/mol. The highest BCUT2D eigenvalue weighted by atomic mass is 127. The molecule has 1 heterocycles. The first-order valence-electron chi connectivity index (χ1n) is 7.98. The van der Waals surface area contributed by atoms with Crippen molar-refractivity contribution in [1.29, 1.82) is 0 Å². The highest BCUT2D eigenvalue weighted by Crippen LogP contribution is 2.33. The molecule has 1 aliphatic heterocycles. The summed E-state index contributed by atoms with van der Waals surface area (Å²) in [4.78, 5) is 3.87. The maximum atomic E-state index is 9.00. The zero-order valence-corrected chi connectivity index (χ0v) is 16.3. The molecule has 1 N–H and O–H groups in total. The number of nitrogens with zero attached hydrogens (tertiary/aromatic N) is 1. The molecule has 0 bridgehead atoms. The number of aliphatic hydroxyl groups is 1. The van der Waals surface area contributed by atoms with E-state index in [0.29, 0.717) is 0 Å². The maximum Gasteiger partial charge on any atom is 0.0680 e. The van der Waals surface area contributed by atoms with E-state index >= 15 is 0 Å². The molecule has 0 aliphatic carbocycles. The van der Waals surface area contributed by atoms with Crippen LogP contribution in [0.15, 0.2) is 10.6 Å². The summed E-state index contributed by atoms with van der Waals surface area (Å²) in [7, 11) is 0. The van der Waals surface area contributed by atoms with Crippen LogP contribution < -0.4 is 0 Å². The van der Waals surface area contributed by atoms with Crippen LogP contribution in [0, 0.1) is 0 Å². The van der Waals surface area contributed by atoms with Crippen LogP contribution in [0.4, 0.5) is 0 Å². The lowest BCUT2D eigenvalue weighted by Gasteiger charge is -2.19. The molecule has 20 heavy (non-hydrogen) atoms. The number of halogens is 1. The second-order valence-electron chi connectivity index (χ2n) is 5.49. The van der Waals surface area contributed by atoms with Crippen molar-refractivity contribution < 1.29 is 5.11 Å². The van der Waals surface area contributed by atoms with Crippen molar-refractivity contribution in [2.45, 2.75) is 71.6 Å². The van der Waals surface area contributed by atoms with Gasteiger partial charge in [-0.15, -0.1) is 35.7 Å². The Labute approximate surface area is 146 Å². The predicted octanol–water partition coefficient (Wildman–Crippen LogP) is 5.37. The maximum absolute atomic E-state index is 9.00. The average molecular weight is 413 g/mol. The van der Waals surface area contributed by atoms with Gasteiger partial charge in [-0.05, 0) is 13.3 Å². The summed E-state index contributed by atoms with van der Waals surface area (Å²) in [6.07, 6.45) is 11.9. The van der Waals surface area contributed by atoms with Crippen LogP contribution in [-0.4, -0.2) is 29.0 Å². The number of hydrogen-bond donors (Lipinski definition) is 1. The number of thioether (sulfide) groups is 1. The van der Waals surface area contributed by atoms with Gasteiger partial charge in [0.1, 0.15) is 0 Å². The average Bonchev–Trinajstić information content (AvgIpc) is 2.75. The second kappa shape index (κ2) is 13.3. The van der Waals surface area contributed by atoms with Crippen molar-refractivity contribution in [3.05, 3.63) is 10.6 Å². The van der Waals surface area contributed by atoms with Gasteiger partial charge in [-0.1, -0.05) is 51.9 Å². The van der Waals surface area contributed by atoms with E-state index < -0.39 is 0 Å². The summed E-state index contributed by atoms with van der Waals surface area (Å²) in [6, 6.07) is 0. The molecule has 0 aromatic heterocycles. The van der Waals surface area contributed by atoms with E-state index in [2.05, 4.69) is 18.7 Å². The normalized spacial score (nSPS) is 14.8. The fourth-order valence-electron chi connectivity index (χ4n) is 2.56. The molecule has 0 aromatic rings. The summed E-state index contributed by atoms with van der Waals surface area (Å²) in [5, 5.41) is 9.00. The lowest BCUT2D eigenvalue weighted by atomic mass is 10.1. The van der Waals surface area contributed by atoms with E-state index in [1.807, 2.05) is 11.8 Å². The smallest absolute Gasteiger partial charge is 0.0680 e. The van der Waals surface area contributed by atoms with Crippen molar-refractivity contribution in [1.82, 2.24) is 4.90 Å². The van der Waals surface area contributed by atoms with Gasteiger partial charge in [0.2, 0.25) is 0 Å². The highest BCUT2D eigenvalue weighted by Gasteiger charge is 2.18. The van der Waals surface area contributed by atoms with E-state index in [1.54, 1.807) is 0 Å². The van der Waals surface area contributed by atoms with E-state index in [1.165, 1.54) is 68.5 Å². The van der Waals surface area contributed by atoms with Gasteiger partial charge < -0.3 is 10.0 Å². The molecule has 0 saturated heterocycles. The summed E-state index contributed by atoms with van der Waals surface area (Å²) in [5.41, 5.74) is 1.40. The first-order valence-corrected chi connectivity index (χ1v) is 8.96. The Balaban J connectivity index is 0.00000361. The Hall–Kier alpha value is 0.580. The van der Waals surface area contributed by atoms with E-state index in [-0.39, 0.29) is 30.6 Å². The summed E-state index contributed by atoms with van der Waals surface area (Å²) >= 11 is 1.91. The summed E-state index contributed by atoms with van der Waals surface area (Å²) in [6.45, 7) is 5.96. The van der Waals surface area contributed by atoms with E-state index in [9.17, 15) is 0 Å². The lowest BCUT2D eigenvalue weighted by Crippen LogP contribution is -2.18. The van der Waals surface area contributed by atoms with Gasteiger partial charge in [0.05, 0.1) is 5.88 Å². The zero-order valence-electron chi connectivity index (χ0n) is 13.2. The van der Waals surface area contributed by atoms with Crippen molar-refractivity contribution >= 4 is 35.7 Å². The van der Waals surface area contributed by atoms with Crippen LogP contribution in [0.25, 0.3) is 0 Å². The quantitative estimate of drug-likeness (QED) is 0.364. The van der Waals surface area contributed by atoms with Crippen molar-refractivity contribution in [2.75, 3.05) is 19.0 Å². The molecule has 0 saturated carbocycles. The molecule has 0 fully saturated rings. The number of hydrogen-bond acceptors (Lipinski definition) is 3. The van der Waals surface area contributed by atoms with Crippen LogP contribution in [-0.2, 0) is 0 Å². The Morgan fingerprint density at radius 1 is 1.05 bits per heavy atom. The van der Waals surface area contributed by atoms with Crippen molar-refractivity contribution in [3.63, 3.8) is 0 Å². The van der Waals surface area contributed by atoms with Gasteiger partial charge in [0, 0.05) is 30.2 Å².